The molecule has 0 unspecified atom stereocenters. The predicted molar refractivity (Wildman–Crippen MR) is 70.0 cm³/mol. The number of nitrogens with zero attached hydrogens (tertiary/aromatic N) is 3. The Labute approximate surface area is 112 Å². The van der Waals surface area contributed by atoms with E-state index in [1.807, 2.05) is 20.9 Å². The highest BCUT2D eigenvalue weighted by Gasteiger charge is 2.33. The highest BCUT2D eigenvalue weighted by Crippen LogP contribution is 2.29. The van der Waals surface area contributed by atoms with Gasteiger partial charge in [0.15, 0.2) is 11.6 Å². The third-order valence-electron chi connectivity index (χ3n) is 3.78. The van der Waals surface area contributed by atoms with E-state index < -0.39 is 11.6 Å². The topological polar surface area (TPSA) is 30.3 Å². The predicted octanol–water partition coefficient (Wildman–Crippen LogP) is 2.37. The van der Waals surface area contributed by atoms with Crippen molar-refractivity contribution in [1.82, 2.24) is 4.90 Å². The first kappa shape index (κ1) is 13.8. The van der Waals surface area contributed by atoms with Crippen molar-refractivity contribution in [3.63, 3.8) is 0 Å². The summed E-state index contributed by atoms with van der Waals surface area (Å²) in [5.74, 6) is -1.34. The van der Waals surface area contributed by atoms with Crippen LogP contribution in [0.3, 0.4) is 0 Å². The highest BCUT2D eigenvalue weighted by molar-refractivity contribution is 5.53. The van der Waals surface area contributed by atoms with Crippen molar-refractivity contribution in [3.8, 4) is 6.07 Å². The van der Waals surface area contributed by atoms with Crippen LogP contribution in [0, 0.1) is 23.0 Å². The normalized spacial score (nSPS) is 19.3. The van der Waals surface area contributed by atoms with E-state index in [1.165, 1.54) is 0 Å². The second-order valence-electron chi connectivity index (χ2n) is 5.56. The maximum absolute atomic E-state index is 14.0. The smallest absolute Gasteiger partial charge is 0.150 e. The zero-order chi connectivity index (χ0) is 14.2. The Morgan fingerprint density at radius 3 is 2.26 bits per heavy atom. The fraction of sp³-hybridized carbons (Fsp3) is 0.500. The Balaban J connectivity index is 2.36. The van der Waals surface area contributed by atoms with Gasteiger partial charge in [-0.05, 0) is 33.0 Å². The summed E-state index contributed by atoms with van der Waals surface area (Å²) in [6, 6.07) is 3.93. The zero-order valence-electron chi connectivity index (χ0n) is 11.4. The van der Waals surface area contributed by atoms with Crippen molar-refractivity contribution < 1.29 is 8.78 Å². The molecule has 0 amide bonds. The van der Waals surface area contributed by atoms with Gasteiger partial charge < -0.3 is 4.90 Å². The average Bonchev–Trinajstić information content (AvgIpc) is 2.32. The maximum atomic E-state index is 14.0. The van der Waals surface area contributed by atoms with Crippen LogP contribution in [0.15, 0.2) is 12.1 Å². The van der Waals surface area contributed by atoms with Crippen LogP contribution in [0.4, 0.5) is 14.5 Å². The summed E-state index contributed by atoms with van der Waals surface area (Å²) in [6.07, 6.45) is 0. The summed E-state index contributed by atoms with van der Waals surface area (Å²) in [5, 5.41) is 8.70. The molecule has 3 nitrogen and oxygen atoms in total. The first-order valence-corrected chi connectivity index (χ1v) is 6.20. The molecule has 0 radical (unpaired) electrons. The molecule has 19 heavy (non-hydrogen) atoms. The van der Waals surface area contributed by atoms with E-state index in [2.05, 4.69) is 4.90 Å². The minimum absolute atomic E-state index is 0.00661. The molecule has 1 saturated heterocycles. The molecule has 0 N–H and O–H groups in total. The average molecular weight is 265 g/mol. The van der Waals surface area contributed by atoms with Crippen molar-refractivity contribution in [3.05, 3.63) is 29.3 Å². The molecule has 1 aromatic rings. The summed E-state index contributed by atoms with van der Waals surface area (Å²) >= 11 is 0. The molecule has 1 fully saturated rings. The van der Waals surface area contributed by atoms with Gasteiger partial charge in [0.05, 0.1) is 11.6 Å². The van der Waals surface area contributed by atoms with Gasteiger partial charge in [0.25, 0.3) is 0 Å². The van der Waals surface area contributed by atoms with Crippen LogP contribution in [-0.2, 0) is 0 Å². The summed E-state index contributed by atoms with van der Waals surface area (Å²) in [5.41, 5.74) is -0.169. The molecule has 1 aromatic carbocycles. The van der Waals surface area contributed by atoms with E-state index in [0.717, 1.165) is 18.7 Å². The van der Waals surface area contributed by atoms with Crippen molar-refractivity contribution >= 4 is 5.69 Å². The van der Waals surface area contributed by atoms with E-state index in [4.69, 9.17) is 5.26 Å². The highest BCUT2D eigenvalue weighted by atomic mass is 19.1. The lowest BCUT2D eigenvalue weighted by Gasteiger charge is -2.46. The largest absolute Gasteiger partial charge is 0.364 e. The Hall–Kier alpha value is -1.67. The molecule has 1 heterocycles. The van der Waals surface area contributed by atoms with Gasteiger partial charge >= 0.3 is 0 Å². The number of anilines is 1. The molecule has 5 heteroatoms. The maximum Gasteiger partial charge on any atom is 0.150 e. The third kappa shape index (κ3) is 2.54. The van der Waals surface area contributed by atoms with Gasteiger partial charge in [0.2, 0.25) is 0 Å². The van der Waals surface area contributed by atoms with E-state index in [-0.39, 0.29) is 16.8 Å². The molecule has 102 valence electrons. The number of halogens is 2. The van der Waals surface area contributed by atoms with Crippen molar-refractivity contribution in [1.29, 1.82) is 5.26 Å². The summed E-state index contributed by atoms with van der Waals surface area (Å²) < 4.78 is 28.0. The zero-order valence-corrected chi connectivity index (χ0v) is 11.4. The number of benzene rings is 1. The van der Waals surface area contributed by atoms with Gasteiger partial charge in [-0.3, -0.25) is 4.90 Å². The fourth-order valence-electron chi connectivity index (χ4n) is 2.36. The molecule has 0 saturated carbocycles. The lowest BCUT2D eigenvalue weighted by atomic mass is 9.99. The van der Waals surface area contributed by atoms with Crippen molar-refractivity contribution in [2.45, 2.75) is 19.4 Å². The van der Waals surface area contributed by atoms with Gasteiger partial charge in [-0.2, -0.15) is 5.26 Å². The molecule has 0 atom stereocenters. The fourth-order valence-corrected chi connectivity index (χ4v) is 2.36. The molecular weight excluding hydrogens is 248 g/mol. The SMILES string of the molecule is CN1CCN(c2c(F)cc(C#N)cc2F)CC1(C)C. The molecule has 0 aliphatic carbocycles. The number of rotatable bonds is 1. The summed E-state index contributed by atoms with van der Waals surface area (Å²) in [4.78, 5) is 3.88. The van der Waals surface area contributed by atoms with Crippen LogP contribution in [0.1, 0.15) is 19.4 Å². The van der Waals surface area contributed by atoms with Gasteiger partial charge in [0.1, 0.15) is 5.69 Å². The number of hydrogen-bond donors (Lipinski definition) is 0. The van der Waals surface area contributed by atoms with E-state index in [9.17, 15) is 8.78 Å². The van der Waals surface area contributed by atoms with Crippen LogP contribution < -0.4 is 4.90 Å². The summed E-state index contributed by atoms with van der Waals surface area (Å²) in [6.45, 7) is 5.94. The molecule has 1 aliphatic rings. The molecule has 1 aliphatic heterocycles. The second-order valence-corrected chi connectivity index (χ2v) is 5.56. The van der Waals surface area contributed by atoms with Crippen LogP contribution >= 0.6 is 0 Å². The number of nitriles is 1. The Bertz CT molecular complexity index is 511. The Kier molecular flexibility index (Phi) is 3.46. The molecule has 0 aromatic heterocycles. The first-order chi connectivity index (χ1) is 8.85. The number of piperazine rings is 1. The minimum atomic E-state index is -0.670. The lowest BCUT2D eigenvalue weighted by Crippen LogP contribution is -2.58. The summed E-state index contributed by atoms with van der Waals surface area (Å²) in [7, 11) is 2.00. The lowest BCUT2D eigenvalue weighted by molar-refractivity contribution is 0.138. The van der Waals surface area contributed by atoms with Gasteiger partial charge in [0, 0.05) is 25.2 Å². The van der Waals surface area contributed by atoms with Gasteiger partial charge in [-0.15, -0.1) is 0 Å². The van der Waals surface area contributed by atoms with Crippen LogP contribution in [-0.4, -0.2) is 37.1 Å². The van der Waals surface area contributed by atoms with Crippen LogP contribution in [0.25, 0.3) is 0 Å². The van der Waals surface area contributed by atoms with Crippen molar-refractivity contribution in [2.24, 2.45) is 0 Å². The Morgan fingerprint density at radius 2 is 1.79 bits per heavy atom. The Morgan fingerprint density at radius 1 is 1.21 bits per heavy atom. The van der Waals surface area contributed by atoms with Gasteiger partial charge in [-0.25, -0.2) is 8.78 Å². The molecule has 2 rings (SSSR count). The van der Waals surface area contributed by atoms with Crippen LogP contribution in [0.2, 0.25) is 0 Å². The van der Waals surface area contributed by atoms with Crippen LogP contribution in [0.5, 0.6) is 0 Å². The van der Waals surface area contributed by atoms with Crippen molar-refractivity contribution in [2.75, 3.05) is 31.6 Å². The van der Waals surface area contributed by atoms with E-state index in [1.54, 1.807) is 11.0 Å². The monoisotopic (exact) mass is 265 g/mol. The standard InChI is InChI=1S/C14H17F2N3/c1-14(2)9-19(5-4-18(14)3)13-11(15)6-10(8-17)7-12(13)16/h6-7H,4-5,9H2,1-3H3. The first-order valence-electron chi connectivity index (χ1n) is 6.20. The molecule has 0 spiro atoms. The number of likely N-dealkylation sites (N-methyl/N-ethyl adjacent to an activating group) is 1. The van der Waals surface area contributed by atoms with E-state index >= 15 is 0 Å². The number of hydrogen-bond acceptors (Lipinski definition) is 3. The van der Waals surface area contributed by atoms with Gasteiger partial charge in [-0.1, -0.05) is 0 Å². The minimum Gasteiger partial charge on any atom is -0.364 e. The molecular formula is C14H17F2N3. The third-order valence-corrected chi connectivity index (χ3v) is 3.78. The molecule has 0 bridgehead atoms. The quantitative estimate of drug-likeness (QED) is 0.781. The second kappa shape index (κ2) is 4.78. The van der Waals surface area contributed by atoms with E-state index in [0.29, 0.717) is 13.1 Å².